The van der Waals surface area contributed by atoms with Crippen LogP contribution in [0.15, 0.2) is 24.4 Å². The van der Waals surface area contributed by atoms with E-state index in [4.69, 9.17) is 9.47 Å². The molecule has 1 aromatic heterocycles. The Morgan fingerprint density at radius 2 is 2.04 bits per heavy atom. The van der Waals surface area contributed by atoms with Crippen LogP contribution < -0.4 is 0 Å². The number of methoxy groups -OCH3 is 2. The summed E-state index contributed by atoms with van der Waals surface area (Å²) in [6.45, 7) is 5.50. The Hall–Kier alpha value is -1.50. The molecule has 2 fully saturated rings. The molecule has 1 atom stereocenters. The van der Waals surface area contributed by atoms with Crippen LogP contribution in [0.4, 0.5) is 0 Å². The molecule has 1 spiro atoms. The van der Waals surface area contributed by atoms with E-state index >= 15 is 0 Å². The molecule has 1 unspecified atom stereocenters. The standard InChI is InChI=1S/C19H29N3O3/c1-24-12-11-22-15-19(17(14-25-2)18(22)23)6-9-21(10-7-19)13-16-5-3-4-8-20-16/h3-5,8,17H,6-7,9-15H2,1-2H3. The van der Waals surface area contributed by atoms with Crippen LogP contribution in [-0.2, 0) is 20.8 Å². The molecule has 0 aliphatic carbocycles. The van der Waals surface area contributed by atoms with Crippen molar-refractivity contribution in [3.63, 3.8) is 0 Å². The Balaban J connectivity index is 1.63. The molecule has 3 rings (SSSR count). The Morgan fingerprint density at radius 3 is 2.68 bits per heavy atom. The molecule has 0 bridgehead atoms. The quantitative estimate of drug-likeness (QED) is 0.747. The number of carbonyl (C=O) groups is 1. The number of ether oxygens (including phenoxy) is 2. The number of rotatable bonds is 7. The zero-order valence-electron chi connectivity index (χ0n) is 15.3. The number of carbonyl (C=O) groups excluding carboxylic acids is 1. The first-order valence-electron chi connectivity index (χ1n) is 9.07. The van der Waals surface area contributed by atoms with E-state index in [1.807, 2.05) is 23.2 Å². The third kappa shape index (κ3) is 4.02. The minimum absolute atomic E-state index is 0.0219. The topological polar surface area (TPSA) is 54.9 Å². The summed E-state index contributed by atoms with van der Waals surface area (Å²) in [6.07, 6.45) is 3.91. The van der Waals surface area contributed by atoms with E-state index in [0.29, 0.717) is 19.8 Å². The van der Waals surface area contributed by atoms with E-state index in [0.717, 1.165) is 44.7 Å². The van der Waals surface area contributed by atoms with Gasteiger partial charge in [0.1, 0.15) is 0 Å². The third-order valence-electron chi connectivity index (χ3n) is 5.72. The summed E-state index contributed by atoms with van der Waals surface area (Å²) >= 11 is 0. The highest BCUT2D eigenvalue weighted by Crippen LogP contribution is 2.45. The first-order chi connectivity index (χ1) is 12.2. The zero-order valence-corrected chi connectivity index (χ0v) is 15.3. The average molecular weight is 347 g/mol. The van der Waals surface area contributed by atoms with E-state index in [9.17, 15) is 4.79 Å². The number of aromatic nitrogens is 1. The molecule has 0 N–H and O–H groups in total. The molecule has 0 aromatic carbocycles. The lowest BCUT2D eigenvalue weighted by Gasteiger charge is -2.41. The number of pyridine rings is 1. The molecule has 6 nitrogen and oxygen atoms in total. The average Bonchev–Trinajstić information content (AvgIpc) is 2.89. The van der Waals surface area contributed by atoms with Crippen molar-refractivity contribution < 1.29 is 14.3 Å². The summed E-state index contributed by atoms with van der Waals surface area (Å²) in [5.74, 6) is 0.212. The van der Waals surface area contributed by atoms with Gasteiger partial charge in [-0.1, -0.05) is 6.07 Å². The van der Waals surface area contributed by atoms with Crippen molar-refractivity contribution in [3.8, 4) is 0 Å². The summed E-state index contributed by atoms with van der Waals surface area (Å²) < 4.78 is 10.6. The number of nitrogens with zero attached hydrogens (tertiary/aromatic N) is 3. The molecule has 2 aliphatic rings. The molecule has 0 radical (unpaired) electrons. The highest BCUT2D eigenvalue weighted by Gasteiger charge is 2.52. The van der Waals surface area contributed by atoms with E-state index in [1.54, 1.807) is 14.2 Å². The van der Waals surface area contributed by atoms with Crippen LogP contribution in [0.1, 0.15) is 18.5 Å². The number of piperidine rings is 1. The second-order valence-electron chi connectivity index (χ2n) is 7.22. The molecule has 3 heterocycles. The highest BCUT2D eigenvalue weighted by molar-refractivity contribution is 5.82. The van der Waals surface area contributed by atoms with Crippen LogP contribution in [0.3, 0.4) is 0 Å². The van der Waals surface area contributed by atoms with Crippen LogP contribution in [0.25, 0.3) is 0 Å². The second kappa shape index (κ2) is 8.25. The number of hydrogen-bond acceptors (Lipinski definition) is 5. The summed E-state index contributed by atoms with van der Waals surface area (Å²) in [4.78, 5) is 21.7. The predicted octanol–water partition coefficient (Wildman–Crippen LogP) is 1.42. The lowest BCUT2D eigenvalue weighted by Crippen LogP contribution is -2.45. The number of likely N-dealkylation sites (tertiary alicyclic amines) is 2. The van der Waals surface area contributed by atoms with Gasteiger partial charge in [-0.3, -0.25) is 14.7 Å². The van der Waals surface area contributed by atoms with Gasteiger partial charge in [-0.05, 0) is 38.1 Å². The van der Waals surface area contributed by atoms with Crippen molar-refractivity contribution >= 4 is 5.91 Å². The largest absolute Gasteiger partial charge is 0.384 e. The van der Waals surface area contributed by atoms with Crippen molar-refractivity contribution in [2.45, 2.75) is 19.4 Å². The first-order valence-corrected chi connectivity index (χ1v) is 9.07. The fourth-order valence-electron chi connectivity index (χ4n) is 4.24. The summed E-state index contributed by atoms with van der Waals surface area (Å²) in [5, 5.41) is 0. The summed E-state index contributed by atoms with van der Waals surface area (Å²) in [6, 6.07) is 6.05. The number of amides is 1. The van der Waals surface area contributed by atoms with Crippen LogP contribution in [0.2, 0.25) is 0 Å². The highest BCUT2D eigenvalue weighted by atomic mass is 16.5. The number of hydrogen-bond donors (Lipinski definition) is 0. The van der Waals surface area contributed by atoms with Crippen LogP contribution in [-0.4, -0.2) is 74.3 Å². The molecule has 0 saturated carbocycles. The van der Waals surface area contributed by atoms with E-state index in [2.05, 4.69) is 16.0 Å². The minimum atomic E-state index is -0.0219. The van der Waals surface area contributed by atoms with Gasteiger partial charge in [0, 0.05) is 45.5 Å². The van der Waals surface area contributed by atoms with Gasteiger partial charge in [0.15, 0.2) is 0 Å². The van der Waals surface area contributed by atoms with Gasteiger partial charge in [0.25, 0.3) is 0 Å². The van der Waals surface area contributed by atoms with Gasteiger partial charge in [-0.2, -0.15) is 0 Å². The monoisotopic (exact) mass is 347 g/mol. The van der Waals surface area contributed by atoms with E-state index < -0.39 is 0 Å². The Kier molecular flexibility index (Phi) is 6.04. The fraction of sp³-hybridized carbons (Fsp3) is 0.684. The third-order valence-corrected chi connectivity index (χ3v) is 5.72. The molecule has 25 heavy (non-hydrogen) atoms. The maximum absolute atomic E-state index is 12.8. The van der Waals surface area contributed by atoms with E-state index in [1.165, 1.54) is 0 Å². The van der Waals surface area contributed by atoms with Gasteiger partial charge < -0.3 is 14.4 Å². The van der Waals surface area contributed by atoms with Crippen molar-refractivity contribution in [2.75, 3.05) is 53.6 Å². The van der Waals surface area contributed by atoms with Crippen LogP contribution in [0.5, 0.6) is 0 Å². The zero-order chi connectivity index (χ0) is 17.7. The second-order valence-corrected chi connectivity index (χ2v) is 7.22. The Morgan fingerprint density at radius 1 is 1.24 bits per heavy atom. The first kappa shape index (κ1) is 18.3. The normalized spacial score (nSPS) is 23.5. The van der Waals surface area contributed by atoms with Crippen molar-refractivity contribution in [3.05, 3.63) is 30.1 Å². The smallest absolute Gasteiger partial charge is 0.228 e. The van der Waals surface area contributed by atoms with Gasteiger partial charge in [-0.25, -0.2) is 0 Å². The van der Waals surface area contributed by atoms with Crippen molar-refractivity contribution in [1.82, 2.24) is 14.8 Å². The Labute approximate surface area is 150 Å². The van der Waals surface area contributed by atoms with Gasteiger partial charge in [0.2, 0.25) is 5.91 Å². The SMILES string of the molecule is COCCN1CC2(CCN(Cc3ccccn3)CC2)C(COC)C1=O. The van der Waals surface area contributed by atoms with Gasteiger partial charge in [-0.15, -0.1) is 0 Å². The molecule has 1 amide bonds. The lowest BCUT2D eigenvalue weighted by molar-refractivity contribution is -0.134. The molecule has 2 saturated heterocycles. The molecular formula is C19H29N3O3. The van der Waals surface area contributed by atoms with Crippen LogP contribution in [0, 0.1) is 11.3 Å². The molecular weight excluding hydrogens is 318 g/mol. The van der Waals surface area contributed by atoms with Crippen LogP contribution >= 0.6 is 0 Å². The maximum atomic E-state index is 12.8. The summed E-state index contributed by atoms with van der Waals surface area (Å²) in [5.41, 5.74) is 1.15. The van der Waals surface area contributed by atoms with Crippen molar-refractivity contribution in [2.24, 2.45) is 11.3 Å². The summed E-state index contributed by atoms with van der Waals surface area (Å²) in [7, 11) is 3.37. The lowest BCUT2D eigenvalue weighted by atomic mass is 9.71. The predicted molar refractivity (Wildman–Crippen MR) is 95.0 cm³/mol. The van der Waals surface area contributed by atoms with Crippen molar-refractivity contribution in [1.29, 1.82) is 0 Å². The maximum Gasteiger partial charge on any atom is 0.228 e. The van der Waals surface area contributed by atoms with E-state index in [-0.39, 0.29) is 17.2 Å². The Bertz CT molecular complexity index is 558. The van der Waals surface area contributed by atoms with Gasteiger partial charge >= 0.3 is 0 Å². The molecule has 1 aromatic rings. The van der Waals surface area contributed by atoms with Gasteiger partial charge in [0.05, 0.1) is 24.8 Å². The molecule has 2 aliphatic heterocycles. The fourth-order valence-corrected chi connectivity index (χ4v) is 4.24. The minimum Gasteiger partial charge on any atom is -0.384 e. The molecule has 138 valence electrons. The molecule has 6 heteroatoms.